The van der Waals surface area contributed by atoms with Crippen molar-refractivity contribution in [3.05, 3.63) is 45.4 Å². The summed E-state index contributed by atoms with van der Waals surface area (Å²) < 4.78 is 4.43. The van der Waals surface area contributed by atoms with Crippen LogP contribution in [0, 0.1) is 0 Å². The lowest BCUT2D eigenvalue weighted by molar-refractivity contribution is 0.0849. The molecule has 0 unspecified atom stereocenters. The van der Waals surface area contributed by atoms with Crippen molar-refractivity contribution in [2.45, 2.75) is 0 Å². The molecule has 1 aromatic carbocycles. The van der Waals surface area contributed by atoms with Crippen LogP contribution >= 0.6 is 27.5 Å². The Morgan fingerprint density at radius 1 is 1.11 bits per heavy atom. The zero-order chi connectivity index (χ0) is 13.0. The van der Waals surface area contributed by atoms with Gasteiger partial charge in [0.1, 0.15) is 4.88 Å². The van der Waals surface area contributed by atoms with Crippen LogP contribution in [0.4, 0.5) is 0 Å². The van der Waals surface area contributed by atoms with Crippen molar-refractivity contribution in [3.8, 4) is 0 Å². The molecule has 0 saturated heterocycles. The molecule has 0 bridgehead atoms. The topological polar surface area (TPSA) is 84.0 Å². The van der Waals surface area contributed by atoms with E-state index in [9.17, 15) is 9.59 Å². The number of benzene rings is 1. The molecule has 0 saturated carbocycles. The molecule has 2 rings (SSSR count). The van der Waals surface area contributed by atoms with Crippen LogP contribution in [-0.2, 0) is 0 Å². The SMILES string of the molecule is O=C(NNC(=O)c1cnns1)c1ccc(Br)cc1. The number of hydrazine groups is 1. The Morgan fingerprint density at radius 2 is 1.78 bits per heavy atom. The van der Waals surface area contributed by atoms with Crippen LogP contribution in [0.1, 0.15) is 20.0 Å². The average Bonchev–Trinajstić information content (AvgIpc) is 2.90. The van der Waals surface area contributed by atoms with Gasteiger partial charge in [0, 0.05) is 10.0 Å². The molecule has 18 heavy (non-hydrogen) atoms. The third kappa shape index (κ3) is 3.11. The smallest absolute Gasteiger partial charge is 0.267 e. The molecule has 0 aliphatic rings. The zero-order valence-electron chi connectivity index (χ0n) is 8.88. The summed E-state index contributed by atoms with van der Waals surface area (Å²) in [4.78, 5) is 23.5. The number of nitrogens with one attached hydrogen (secondary N) is 2. The van der Waals surface area contributed by atoms with Gasteiger partial charge < -0.3 is 0 Å². The second-order valence-corrected chi connectivity index (χ2v) is 4.90. The average molecular weight is 327 g/mol. The first-order valence-corrected chi connectivity index (χ1v) is 6.37. The summed E-state index contributed by atoms with van der Waals surface area (Å²) in [5.41, 5.74) is 5.03. The van der Waals surface area contributed by atoms with E-state index in [1.807, 2.05) is 0 Å². The van der Waals surface area contributed by atoms with Crippen LogP contribution in [0.15, 0.2) is 34.9 Å². The summed E-state index contributed by atoms with van der Waals surface area (Å²) in [6.45, 7) is 0. The molecule has 0 atom stereocenters. The molecule has 2 amide bonds. The van der Waals surface area contributed by atoms with Crippen molar-refractivity contribution in [1.29, 1.82) is 0 Å². The maximum absolute atomic E-state index is 11.7. The van der Waals surface area contributed by atoms with Crippen LogP contribution in [0.3, 0.4) is 0 Å². The summed E-state index contributed by atoms with van der Waals surface area (Å²) in [6, 6.07) is 6.76. The number of amides is 2. The summed E-state index contributed by atoms with van der Waals surface area (Å²) in [5, 5.41) is 3.53. The highest BCUT2D eigenvalue weighted by Gasteiger charge is 2.10. The van der Waals surface area contributed by atoms with Gasteiger partial charge in [-0.15, -0.1) is 5.10 Å². The fraction of sp³-hybridized carbons (Fsp3) is 0. The van der Waals surface area contributed by atoms with Gasteiger partial charge in [0.05, 0.1) is 6.20 Å². The van der Waals surface area contributed by atoms with E-state index in [2.05, 4.69) is 36.4 Å². The maximum atomic E-state index is 11.7. The fourth-order valence-electron chi connectivity index (χ4n) is 1.12. The van der Waals surface area contributed by atoms with Crippen molar-refractivity contribution in [2.75, 3.05) is 0 Å². The second kappa shape index (κ2) is 5.69. The number of hydrogen-bond acceptors (Lipinski definition) is 5. The van der Waals surface area contributed by atoms with E-state index in [1.165, 1.54) is 6.20 Å². The first-order chi connectivity index (χ1) is 8.66. The van der Waals surface area contributed by atoms with Gasteiger partial charge in [-0.1, -0.05) is 20.4 Å². The molecule has 0 fully saturated rings. The van der Waals surface area contributed by atoms with E-state index in [-0.39, 0.29) is 0 Å². The van der Waals surface area contributed by atoms with E-state index in [0.717, 1.165) is 16.0 Å². The predicted octanol–water partition coefficient (Wildman–Crippen LogP) is 1.38. The highest BCUT2D eigenvalue weighted by Crippen LogP contribution is 2.10. The van der Waals surface area contributed by atoms with Gasteiger partial charge in [0.15, 0.2) is 0 Å². The quantitative estimate of drug-likeness (QED) is 0.816. The lowest BCUT2D eigenvalue weighted by Crippen LogP contribution is -2.41. The molecular weight excluding hydrogens is 320 g/mol. The van der Waals surface area contributed by atoms with Gasteiger partial charge in [0.25, 0.3) is 11.8 Å². The lowest BCUT2D eigenvalue weighted by atomic mass is 10.2. The molecule has 0 aliphatic carbocycles. The molecule has 2 aromatic rings. The minimum absolute atomic E-state index is 0.325. The van der Waals surface area contributed by atoms with Gasteiger partial charge >= 0.3 is 0 Å². The molecule has 1 heterocycles. The Morgan fingerprint density at radius 3 is 2.39 bits per heavy atom. The van der Waals surface area contributed by atoms with Crippen molar-refractivity contribution in [2.24, 2.45) is 0 Å². The Balaban J connectivity index is 1.92. The number of aromatic nitrogens is 2. The van der Waals surface area contributed by atoms with E-state index >= 15 is 0 Å². The van der Waals surface area contributed by atoms with Gasteiger partial charge in [0.2, 0.25) is 0 Å². The molecule has 0 spiro atoms. The second-order valence-electron chi connectivity index (χ2n) is 3.20. The summed E-state index contributed by atoms with van der Waals surface area (Å²) in [6.07, 6.45) is 1.33. The number of carbonyl (C=O) groups excluding carboxylic acids is 2. The minimum atomic E-state index is -0.449. The third-order valence-electron chi connectivity index (χ3n) is 1.98. The summed E-state index contributed by atoms with van der Waals surface area (Å²) in [7, 11) is 0. The largest absolute Gasteiger partial charge is 0.283 e. The lowest BCUT2D eigenvalue weighted by Gasteiger charge is -2.05. The minimum Gasteiger partial charge on any atom is -0.267 e. The van der Waals surface area contributed by atoms with Gasteiger partial charge in [-0.25, -0.2) is 0 Å². The monoisotopic (exact) mass is 326 g/mol. The standard InChI is InChI=1S/C10H7BrN4O2S/c11-7-3-1-6(2-4-7)9(16)13-14-10(17)8-5-12-15-18-8/h1-5H,(H,13,16)(H,14,17). The molecule has 92 valence electrons. The molecule has 6 nitrogen and oxygen atoms in total. The summed E-state index contributed by atoms with van der Waals surface area (Å²) in [5.74, 6) is -0.844. The molecular formula is C10H7BrN4O2S. The molecule has 0 aliphatic heterocycles. The Labute approximate surface area is 115 Å². The van der Waals surface area contributed by atoms with Crippen molar-refractivity contribution in [3.63, 3.8) is 0 Å². The zero-order valence-corrected chi connectivity index (χ0v) is 11.3. The van der Waals surface area contributed by atoms with Crippen LogP contribution in [0.2, 0.25) is 0 Å². The first-order valence-electron chi connectivity index (χ1n) is 4.80. The summed E-state index contributed by atoms with van der Waals surface area (Å²) >= 11 is 4.22. The third-order valence-corrected chi connectivity index (χ3v) is 3.17. The first kappa shape index (κ1) is 12.7. The van der Waals surface area contributed by atoms with Crippen LogP contribution in [0.5, 0.6) is 0 Å². The van der Waals surface area contributed by atoms with Crippen LogP contribution in [0.25, 0.3) is 0 Å². The van der Waals surface area contributed by atoms with Crippen LogP contribution in [-0.4, -0.2) is 21.4 Å². The predicted molar refractivity (Wildman–Crippen MR) is 69.0 cm³/mol. The maximum Gasteiger partial charge on any atom is 0.283 e. The number of hydrogen-bond donors (Lipinski definition) is 2. The normalized spacial score (nSPS) is 9.83. The van der Waals surface area contributed by atoms with Gasteiger partial charge in [-0.3, -0.25) is 20.4 Å². The molecule has 8 heteroatoms. The number of rotatable bonds is 2. The van der Waals surface area contributed by atoms with E-state index in [4.69, 9.17) is 0 Å². The number of halogens is 1. The van der Waals surface area contributed by atoms with Crippen molar-refractivity contribution < 1.29 is 9.59 Å². The van der Waals surface area contributed by atoms with Gasteiger partial charge in [-0.2, -0.15) is 0 Å². The van der Waals surface area contributed by atoms with E-state index < -0.39 is 11.8 Å². The Bertz CT molecular complexity index is 556. The molecule has 2 N–H and O–H groups in total. The highest BCUT2D eigenvalue weighted by atomic mass is 79.9. The fourth-order valence-corrected chi connectivity index (χ4v) is 1.79. The van der Waals surface area contributed by atoms with Gasteiger partial charge in [-0.05, 0) is 35.8 Å². The Hall–Kier alpha value is -1.80. The molecule has 0 radical (unpaired) electrons. The van der Waals surface area contributed by atoms with E-state index in [1.54, 1.807) is 24.3 Å². The van der Waals surface area contributed by atoms with Crippen molar-refractivity contribution >= 4 is 39.3 Å². The van der Waals surface area contributed by atoms with Crippen molar-refractivity contribution in [1.82, 2.24) is 20.4 Å². The van der Waals surface area contributed by atoms with Crippen LogP contribution < -0.4 is 10.9 Å². The number of carbonyl (C=O) groups is 2. The number of nitrogens with zero attached hydrogens (tertiary/aromatic N) is 2. The Kier molecular flexibility index (Phi) is 4.00. The molecule has 1 aromatic heterocycles. The highest BCUT2D eigenvalue weighted by molar-refractivity contribution is 9.10. The van der Waals surface area contributed by atoms with E-state index in [0.29, 0.717) is 10.4 Å².